The molecule has 7 rings (SSSR count). The molecule has 5 heterocycles. The minimum absolute atomic E-state index is 0.0231. The lowest BCUT2D eigenvalue weighted by Gasteiger charge is -2.33. The fourth-order valence-corrected chi connectivity index (χ4v) is 7.16. The van der Waals surface area contributed by atoms with Gasteiger partial charge in [0.1, 0.15) is 17.4 Å². The number of likely N-dealkylation sites (tertiary alicyclic amines) is 1. The van der Waals surface area contributed by atoms with Gasteiger partial charge in [0.05, 0.1) is 18.9 Å². The number of hydrogen-bond acceptors (Lipinski definition) is 8. The molecule has 12 nitrogen and oxygen atoms in total. The average molecular weight is 675 g/mol. The predicted octanol–water partition coefficient (Wildman–Crippen LogP) is 4.89. The molecule has 2 aliphatic rings. The van der Waals surface area contributed by atoms with Crippen LogP contribution in [0.3, 0.4) is 0 Å². The Morgan fingerprint density at radius 3 is 2.34 bits per heavy atom. The van der Waals surface area contributed by atoms with Crippen molar-refractivity contribution in [2.45, 2.75) is 39.5 Å². The number of morpholine rings is 1. The third kappa shape index (κ3) is 6.22. The third-order valence-corrected chi connectivity index (χ3v) is 9.81. The van der Waals surface area contributed by atoms with Gasteiger partial charge in [-0.2, -0.15) is 5.10 Å². The molecule has 5 aromatic rings. The van der Waals surface area contributed by atoms with Gasteiger partial charge in [0, 0.05) is 66.3 Å². The molecule has 0 bridgehead atoms. The van der Waals surface area contributed by atoms with Crippen LogP contribution in [-0.4, -0.2) is 75.3 Å². The smallest absolute Gasteiger partial charge is 0.268 e. The van der Waals surface area contributed by atoms with Crippen LogP contribution in [0.2, 0.25) is 0 Å². The summed E-state index contributed by atoms with van der Waals surface area (Å²) >= 11 is 0. The van der Waals surface area contributed by atoms with Crippen molar-refractivity contribution in [2.75, 3.05) is 55.3 Å². The number of aromatic nitrogens is 4. The number of carbonyl (C=O) groups is 2. The molecule has 2 aromatic carbocycles. The van der Waals surface area contributed by atoms with Crippen molar-refractivity contribution in [3.8, 4) is 16.8 Å². The number of nitrogens with two attached hydrogens (primary N) is 1. The van der Waals surface area contributed by atoms with Crippen LogP contribution in [0.4, 0.5) is 17.2 Å². The van der Waals surface area contributed by atoms with Crippen molar-refractivity contribution in [1.29, 1.82) is 0 Å². The fourth-order valence-electron chi connectivity index (χ4n) is 7.16. The summed E-state index contributed by atoms with van der Waals surface area (Å²) in [6.07, 6.45) is 3.13. The second kappa shape index (κ2) is 13.8. The van der Waals surface area contributed by atoms with Gasteiger partial charge in [-0.3, -0.25) is 19.0 Å². The predicted molar refractivity (Wildman–Crippen MR) is 194 cm³/mol. The molecule has 3 aromatic heterocycles. The summed E-state index contributed by atoms with van der Waals surface area (Å²) in [4.78, 5) is 48.6. The number of rotatable bonds is 7. The Balaban J connectivity index is 1.17. The van der Waals surface area contributed by atoms with Gasteiger partial charge in [-0.05, 0) is 61.7 Å². The highest BCUT2D eigenvalue weighted by molar-refractivity contribution is 6.05. The van der Waals surface area contributed by atoms with Gasteiger partial charge in [0.2, 0.25) is 5.91 Å². The highest BCUT2D eigenvalue weighted by Gasteiger charge is 2.29. The highest BCUT2D eigenvalue weighted by Crippen LogP contribution is 2.37. The number of nitrogens with one attached hydrogen (secondary N) is 1. The number of nitrogen functional groups attached to an aromatic ring is 1. The Hall–Kier alpha value is -5.49. The maximum Gasteiger partial charge on any atom is 0.268 e. The van der Waals surface area contributed by atoms with E-state index < -0.39 is 5.91 Å². The molecule has 3 N–H and O–H groups in total. The Labute approximate surface area is 290 Å². The first-order chi connectivity index (χ1) is 24.2. The first-order valence-corrected chi connectivity index (χ1v) is 17.2. The number of anilines is 3. The minimum atomic E-state index is -0.488. The molecule has 0 unspecified atom stereocenters. The van der Waals surface area contributed by atoms with Crippen LogP contribution in [0.5, 0.6) is 0 Å². The molecule has 2 amide bonds. The minimum Gasteiger partial charge on any atom is -0.382 e. The Morgan fingerprint density at radius 1 is 0.960 bits per heavy atom. The molecule has 0 radical (unpaired) electrons. The highest BCUT2D eigenvalue weighted by atomic mass is 16.5. The molecule has 0 saturated carbocycles. The summed E-state index contributed by atoms with van der Waals surface area (Å²) in [5.41, 5.74) is 12.4. The lowest BCUT2D eigenvalue weighted by Crippen LogP contribution is -2.40. The molecule has 12 heteroatoms. The van der Waals surface area contributed by atoms with E-state index in [1.165, 1.54) is 6.33 Å². The molecule has 258 valence electrons. The monoisotopic (exact) mass is 674 g/mol. The van der Waals surface area contributed by atoms with E-state index >= 15 is 0 Å². The van der Waals surface area contributed by atoms with E-state index in [1.807, 2.05) is 84.8 Å². The fraction of sp³-hybridized carbons (Fsp3) is 0.342. The quantitative estimate of drug-likeness (QED) is 0.249. The van der Waals surface area contributed by atoms with E-state index in [4.69, 9.17) is 10.5 Å². The molecule has 2 aliphatic heterocycles. The molecule has 50 heavy (non-hydrogen) atoms. The number of fused-ring (bicyclic) bond motifs is 1. The van der Waals surface area contributed by atoms with Crippen molar-refractivity contribution in [1.82, 2.24) is 24.1 Å². The van der Waals surface area contributed by atoms with Crippen LogP contribution < -0.4 is 21.5 Å². The maximum atomic E-state index is 13.9. The standard InChI is InChI=1S/C38H42N8O4/c1-24(2)37(48)44-15-13-27(14-16-44)33-21-30(34-35(39)40-23-41-46(33)34)26-9-11-28(12-10-26)42-36(47)31-22-32(43-17-19-50-20-18-43)25(3)45(38(31)49)29-7-5-4-6-8-29/h4-12,21-24,27H,13-20H2,1-3H3,(H,42,47)(H2,39,40,41). The zero-order valence-corrected chi connectivity index (χ0v) is 28.6. The van der Waals surface area contributed by atoms with Gasteiger partial charge in [0.25, 0.3) is 11.5 Å². The first-order valence-electron chi connectivity index (χ1n) is 17.2. The number of nitrogens with zero attached hydrogens (tertiary/aromatic N) is 6. The zero-order chi connectivity index (χ0) is 34.9. The second-order valence-corrected chi connectivity index (χ2v) is 13.3. The number of pyridine rings is 1. The SMILES string of the molecule is Cc1c(N2CCOCC2)cc(C(=O)Nc2ccc(-c3cc(C4CCN(C(=O)C(C)C)CC4)n4ncnc(N)c34)cc2)c(=O)n1-c1ccccc1. The molecule has 2 fully saturated rings. The summed E-state index contributed by atoms with van der Waals surface area (Å²) in [5, 5.41) is 7.52. The van der Waals surface area contributed by atoms with Crippen LogP contribution in [0.25, 0.3) is 22.3 Å². The molecular weight excluding hydrogens is 632 g/mol. The maximum absolute atomic E-state index is 13.9. The largest absolute Gasteiger partial charge is 0.382 e. The third-order valence-electron chi connectivity index (χ3n) is 9.81. The van der Waals surface area contributed by atoms with Gasteiger partial charge in [0.15, 0.2) is 5.82 Å². The first kappa shape index (κ1) is 33.0. The summed E-state index contributed by atoms with van der Waals surface area (Å²) < 4.78 is 9.04. The molecule has 2 saturated heterocycles. The van der Waals surface area contributed by atoms with E-state index in [0.29, 0.717) is 56.6 Å². The number of amides is 2. The molecular formula is C38H42N8O4. The summed E-state index contributed by atoms with van der Waals surface area (Å²) in [6.45, 7) is 9.66. The van der Waals surface area contributed by atoms with Gasteiger partial charge in [-0.25, -0.2) is 9.50 Å². The van der Waals surface area contributed by atoms with Gasteiger partial charge in [-0.1, -0.05) is 44.2 Å². The molecule has 0 atom stereocenters. The van der Waals surface area contributed by atoms with Crippen LogP contribution in [0.1, 0.15) is 54.4 Å². The van der Waals surface area contributed by atoms with Crippen molar-refractivity contribution in [3.63, 3.8) is 0 Å². The van der Waals surface area contributed by atoms with E-state index in [9.17, 15) is 14.4 Å². The average Bonchev–Trinajstić information content (AvgIpc) is 3.53. The summed E-state index contributed by atoms with van der Waals surface area (Å²) in [7, 11) is 0. The second-order valence-electron chi connectivity index (χ2n) is 13.3. The van der Waals surface area contributed by atoms with E-state index in [2.05, 4.69) is 26.4 Å². The van der Waals surface area contributed by atoms with Gasteiger partial charge < -0.3 is 25.6 Å². The Bertz CT molecular complexity index is 2090. The van der Waals surface area contributed by atoms with Crippen molar-refractivity contribution in [2.24, 2.45) is 5.92 Å². The number of carbonyl (C=O) groups excluding carboxylic acids is 2. The van der Waals surface area contributed by atoms with Gasteiger partial charge >= 0.3 is 0 Å². The number of para-hydroxylation sites is 1. The number of ether oxygens (including phenoxy) is 1. The van der Waals surface area contributed by atoms with Gasteiger partial charge in [-0.15, -0.1) is 0 Å². The topological polar surface area (TPSA) is 140 Å². The summed E-state index contributed by atoms with van der Waals surface area (Å²) in [6, 6.07) is 20.7. The molecule has 0 spiro atoms. The Kier molecular flexibility index (Phi) is 9.11. The van der Waals surface area contributed by atoms with Crippen molar-refractivity contribution < 1.29 is 14.3 Å². The Morgan fingerprint density at radius 2 is 1.66 bits per heavy atom. The van der Waals surface area contributed by atoms with E-state index in [1.54, 1.807) is 10.6 Å². The number of hydrogen-bond donors (Lipinski definition) is 2. The van der Waals surface area contributed by atoms with Crippen molar-refractivity contribution >= 4 is 34.5 Å². The van der Waals surface area contributed by atoms with E-state index in [-0.39, 0.29) is 28.9 Å². The van der Waals surface area contributed by atoms with E-state index in [0.717, 1.165) is 46.6 Å². The number of piperidine rings is 1. The van der Waals surface area contributed by atoms with Crippen LogP contribution in [0, 0.1) is 12.8 Å². The summed E-state index contributed by atoms with van der Waals surface area (Å²) in [5.74, 6) is 0.251. The lowest BCUT2D eigenvalue weighted by molar-refractivity contribution is -0.135. The van der Waals surface area contributed by atoms with Crippen molar-refractivity contribution in [3.05, 3.63) is 100 Å². The lowest BCUT2D eigenvalue weighted by atomic mass is 9.92. The van der Waals surface area contributed by atoms with Crippen LogP contribution in [0.15, 0.2) is 77.9 Å². The molecule has 0 aliphatic carbocycles. The van der Waals surface area contributed by atoms with Crippen LogP contribution in [-0.2, 0) is 9.53 Å². The normalized spacial score (nSPS) is 15.5. The number of benzene rings is 2. The zero-order valence-electron chi connectivity index (χ0n) is 28.6. The van der Waals surface area contributed by atoms with Crippen LogP contribution >= 0.6 is 0 Å².